The van der Waals surface area contributed by atoms with E-state index in [2.05, 4.69) is 35.6 Å². The number of benzene rings is 4. The van der Waals surface area contributed by atoms with E-state index in [0.717, 1.165) is 22.9 Å². The maximum atomic E-state index is 13.3. The minimum absolute atomic E-state index is 0.0555. The molecule has 0 bridgehead atoms. The van der Waals surface area contributed by atoms with Gasteiger partial charge in [0.1, 0.15) is 0 Å². The van der Waals surface area contributed by atoms with Crippen LogP contribution in [0.3, 0.4) is 0 Å². The molecule has 1 aromatic heterocycles. The van der Waals surface area contributed by atoms with Crippen LogP contribution in [0.25, 0.3) is 22.0 Å². The zero-order valence-electron chi connectivity index (χ0n) is 19.1. The van der Waals surface area contributed by atoms with Gasteiger partial charge in [-0.25, -0.2) is 0 Å². The summed E-state index contributed by atoms with van der Waals surface area (Å²) in [6.45, 7) is 0.221. The number of anilines is 1. The molecule has 4 aromatic carbocycles. The van der Waals surface area contributed by atoms with Crippen molar-refractivity contribution in [2.24, 2.45) is 0 Å². The summed E-state index contributed by atoms with van der Waals surface area (Å²) in [6.07, 6.45) is 2.72. The summed E-state index contributed by atoms with van der Waals surface area (Å²) in [5, 5.41) is 3.90. The van der Waals surface area contributed by atoms with E-state index >= 15 is 0 Å². The fraction of sp³-hybridized carbons (Fsp3) is 0.0645. The Bertz CT molecular complexity index is 1610. The Kier molecular flexibility index (Phi) is 5.19. The maximum absolute atomic E-state index is 13.3. The molecule has 0 saturated carbocycles. The number of para-hydroxylation sites is 1. The third kappa shape index (κ3) is 3.89. The molecular weight excluding hydrogens is 432 g/mol. The van der Waals surface area contributed by atoms with Gasteiger partial charge in [0.2, 0.25) is 17.8 Å². The molecule has 0 atom stereocenters. The smallest absolute Gasteiger partial charge is 0.255 e. The van der Waals surface area contributed by atoms with Crippen molar-refractivity contribution in [1.29, 1.82) is 0 Å². The highest BCUT2D eigenvalue weighted by molar-refractivity contribution is 6.08. The Labute approximate surface area is 203 Å². The lowest BCUT2D eigenvalue weighted by atomic mass is 10.0. The summed E-state index contributed by atoms with van der Waals surface area (Å²) in [5.74, 6) is -0.108. The van der Waals surface area contributed by atoms with Crippen molar-refractivity contribution < 1.29 is 14.2 Å². The number of Topliss-reactive ketones (excluding diaryl/α,β-unsaturated/α-hetero) is 1. The summed E-state index contributed by atoms with van der Waals surface area (Å²) in [7, 11) is 0. The molecule has 35 heavy (non-hydrogen) atoms. The highest BCUT2D eigenvalue weighted by Crippen LogP contribution is 2.36. The van der Waals surface area contributed by atoms with Crippen LogP contribution in [-0.4, -0.2) is 11.7 Å². The highest BCUT2D eigenvalue weighted by atomic mass is 16.1. The van der Waals surface area contributed by atoms with E-state index in [0.29, 0.717) is 11.3 Å². The molecule has 1 aliphatic rings. The van der Waals surface area contributed by atoms with Gasteiger partial charge in [0.15, 0.2) is 6.20 Å². The first-order valence-electron chi connectivity index (χ1n) is 11.7. The topological polar surface area (TPSA) is 50.0 Å². The van der Waals surface area contributed by atoms with Crippen LogP contribution >= 0.6 is 0 Å². The number of ketones is 1. The van der Waals surface area contributed by atoms with E-state index in [1.54, 1.807) is 12.1 Å². The molecule has 4 nitrogen and oxygen atoms in total. The third-order valence-corrected chi connectivity index (χ3v) is 6.64. The molecule has 168 valence electrons. The fourth-order valence-electron chi connectivity index (χ4n) is 4.88. The number of aromatic nitrogens is 1. The summed E-state index contributed by atoms with van der Waals surface area (Å²) < 4.78 is 1.94. The first kappa shape index (κ1) is 21.0. The van der Waals surface area contributed by atoms with Crippen LogP contribution in [0.1, 0.15) is 31.8 Å². The fourth-order valence-corrected chi connectivity index (χ4v) is 4.88. The number of nitrogens with one attached hydrogen (secondary N) is 1. The molecule has 0 aliphatic heterocycles. The number of nitrogens with zero attached hydrogens (tertiary/aromatic N) is 1. The molecule has 0 unspecified atom stereocenters. The Hall–Kier alpha value is -4.57. The van der Waals surface area contributed by atoms with Crippen molar-refractivity contribution in [3.8, 4) is 11.1 Å². The molecule has 0 fully saturated rings. The summed E-state index contributed by atoms with van der Waals surface area (Å²) in [4.78, 5) is 26.0. The minimum atomic E-state index is -0.163. The van der Waals surface area contributed by atoms with Gasteiger partial charge in [-0.2, -0.15) is 4.57 Å². The molecule has 5 aromatic rings. The molecule has 1 heterocycles. The molecule has 4 heteroatoms. The zero-order valence-corrected chi connectivity index (χ0v) is 19.1. The van der Waals surface area contributed by atoms with Gasteiger partial charge in [-0.3, -0.25) is 9.59 Å². The number of hydrogen-bond acceptors (Lipinski definition) is 2. The van der Waals surface area contributed by atoms with Crippen LogP contribution in [0.4, 0.5) is 5.69 Å². The first-order chi connectivity index (χ1) is 17.2. The Balaban J connectivity index is 1.28. The van der Waals surface area contributed by atoms with Crippen LogP contribution in [0.5, 0.6) is 0 Å². The van der Waals surface area contributed by atoms with Crippen molar-refractivity contribution >= 4 is 28.3 Å². The predicted octanol–water partition coefficient (Wildman–Crippen LogP) is 5.83. The van der Waals surface area contributed by atoms with Crippen molar-refractivity contribution in [3.05, 3.63) is 132 Å². The second-order valence-electron chi connectivity index (χ2n) is 8.82. The number of pyridine rings is 1. The van der Waals surface area contributed by atoms with E-state index in [1.165, 1.54) is 22.3 Å². The number of amides is 1. The Morgan fingerprint density at radius 3 is 2.34 bits per heavy atom. The van der Waals surface area contributed by atoms with Crippen LogP contribution in [-0.2, 0) is 13.0 Å². The van der Waals surface area contributed by atoms with Crippen molar-refractivity contribution in [2.45, 2.75) is 13.0 Å². The largest absolute Gasteiger partial charge is 0.321 e. The minimum Gasteiger partial charge on any atom is -0.321 e. The Morgan fingerprint density at radius 1 is 0.714 bits per heavy atom. The van der Waals surface area contributed by atoms with E-state index in [-0.39, 0.29) is 18.2 Å². The number of carbonyl (C=O) groups excluding carboxylic acids is 2. The van der Waals surface area contributed by atoms with Gasteiger partial charge in [0.25, 0.3) is 5.91 Å². The van der Waals surface area contributed by atoms with Gasteiger partial charge in [0.05, 0.1) is 11.1 Å². The average molecular weight is 456 g/mol. The standard InChI is InChI=1S/C31H22N2O2/c34-30(23-14-15-26-24(19-23)18-22-10-4-5-11-25(22)26)20-33-17-16-28(27-12-6-7-13-29(27)33)32-31(35)21-8-2-1-3-9-21/h1-17,19H,18,20H2/p+1. The first-order valence-corrected chi connectivity index (χ1v) is 11.7. The van der Waals surface area contributed by atoms with Gasteiger partial charge in [-0.1, -0.05) is 66.7 Å². The SMILES string of the molecule is O=C(C[n+]1ccc(NC(=O)c2ccccc2)c2ccccc21)c1ccc2c(c1)Cc1ccccc1-2. The van der Waals surface area contributed by atoms with E-state index in [9.17, 15) is 9.59 Å². The monoisotopic (exact) mass is 455 g/mol. The number of hydrogen-bond donors (Lipinski definition) is 1. The van der Waals surface area contributed by atoms with Crippen LogP contribution in [0.2, 0.25) is 0 Å². The van der Waals surface area contributed by atoms with Crippen molar-refractivity contribution in [3.63, 3.8) is 0 Å². The number of carbonyl (C=O) groups is 2. The molecule has 1 N–H and O–H groups in total. The second-order valence-corrected chi connectivity index (χ2v) is 8.82. The zero-order chi connectivity index (χ0) is 23.8. The highest BCUT2D eigenvalue weighted by Gasteiger charge is 2.22. The summed E-state index contributed by atoms with van der Waals surface area (Å²) >= 11 is 0. The van der Waals surface area contributed by atoms with E-state index in [1.807, 2.05) is 71.4 Å². The van der Waals surface area contributed by atoms with Crippen molar-refractivity contribution in [1.82, 2.24) is 0 Å². The number of rotatable bonds is 5. The summed E-state index contributed by atoms with van der Waals surface area (Å²) in [5.41, 5.74) is 7.90. The van der Waals surface area contributed by atoms with E-state index in [4.69, 9.17) is 0 Å². The normalized spacial score (nSPS) is 11.7. The molecule has 0 spiro atoms. The molecular formula is C31H23N2O2+. The van der Waals surface area contributed by atoms with Crippen LogP contribution < -0.4 is 9.88 Å². The second kappa shape index (κ2) is 8.65. The predicted molar refractivity (Wildman–Crippen MR) is 138 cm³/mol. The van der Waals surface area contributed by atoms with Gasteiger partial charge in [-0.15, -0.1) is 0 Å². The van der Waals surface area contributed by atoms with Gasteiger partial charge >= 0.3 is 0 Å². The quantitative estimate of drug-likeness (QED) is 0.263. The lowest BCUT2D eigenvalue weighted by Gasteiger charge is -2.09. The lowest BCUT2D eigenvalue weighted by molar-refractivity contribution is -0.657. The molecule has 0 radical (unpaired) electrons. The summed E-state index contributed by atoms with van der Waals surface area (Å²) in [6, 6.07) is 33.3. The lowest BCUT2D eigenvalue weighted by Crippen LogP contribution is -2.38. The van der Waals surface area contributed by atoms with Gasteiger partial charge in [-0.05, 0) is 52.9 Å². The van der Waals surface area contributed by atoms with Gasteiger partial charge in [0, 0.05) is 23.3 Å². The molecule has 1 aliphatic carbocycles. The Morgan fingerprint density at radius 2 is 1.46 bits per heavy atom. The molecule has 0 saturated heterocycles. The van der Waals surface area contributed by atoms with Crippen LogP contribution in [0, 0.1) is 0 Å². The average Bonchev–Trinajstić information content (AvgIpc) is 3.28. The molecule has 6 rings (SSSR count). The third-order valence-electron chi connectivity index (χ3n) is 6.64. The van der Waals surface area contributed by atoms with Crippen molar-refractivity contribution in [2.75, 3.05) is 5.32 Å². The maximum Gasteiger partial charge on any atom is 0.255 e. The van der Waals surface area contributed by atoms with Crippen LogP contribution in [0.15, 0.2) is 109 Å². The van der Waals surface area contributed by atoms with Gasteiger partial charge < -0.3 is 5.32 Å². The number of fused-ring (bicyclic) bond motifs is 4. The van der Waals surface area contributed by atoms with E-state index < -0.39 is 0 Å². The molecule has 1 amide bonds.